The van der Waals surface area contributed by atoms with E-state index in [1.165, 1.54) is 6.26 Å². The van der Waals surface area contributed by atoms with Crippen molar-refractivity contribution in [3.05, 3.63) is 58.1 Å². The molecule has 2 aromatic rings. The van der Waals surface area contributed by atoms with Gasteiger partial charge >= 0.3 is 10.1 Å². The summed E-state index contributed by atoms with van der Waals surface area (Å²) in [4.78, 5) is 16.9. The van der Waals surface area contributed by atoms with E-state index in [0.29, 0.717) is 6.42 Å². The molecule has 6 nitrogen and oxygen atoms in total. The zero-order valence-electron chi connectivity index (χ0n) is 13.7. The fourth-order valence-corrected chi connectivity index (χ4v) is 4.36. The number of aliphatic imine (C=N–C) groups is 1. The van der Waals surface area contributed by atoms with Crippen LogP contribution in [0.2, 0.25) is 0 Å². The van der Waals surface area contributed by atoms with Crippen molar-refractivity contribution in [2.45, 2.75) is 31.1 Å². The number of nitrogens with zero attached hydrogens (tertiary/aromatic N) is 1. The van der Waals surface area contributed by atoms with Crippen molar-refractivity contribution in [1.29, 1.82) is 0 Å². The van der Waals surface area contributed by atoms with Crippen LogP contribution >= 0.6 is 0 Å². The van der Waals surface area contributed by atoms with Gasteiger partial charge in [-0.2, -0.15) is 8.42 Å². The lowest BCUT2D eigenvalue weighted by Crippen LogP contribution is -2.31. The summed E-state index contributed by atoms with van der Waals surface area (Å²) < 4.78 is 33.5. The topological polar surface area (TPSA) is 85.9 Å². The molecule has 2 heterocycles. The van der Waals surface area contributed by atoms with Gasteiger partial charge in [0.05, 0.1) is 18.2 Å². The molecule has 0 saturated heterocycles. The third-order valence-electron chi connectivity index (χ3n) is 4.85. The quantitative estimate of drug-likeness (QED) is 0.784. The Morgan fingerprint density at radius 3 is 2.88 bits per heavy atom. The van der Waals surface area contributed by atoms with Gasteiger partial charge in [-0.1, -0.05) is 18.2 Å². The molecular formula is C18H17NO5S. The Morgan fingerprint density at radius 1 is 1.28 bits per heavy atom. The van der Waals surface area contributed by atoms with Crippen LogP contribution in [0.15, 0.2) is 50.8 Å². The Kier molecular flexibility index (Phi) is 3.57. The van der Waals surface area contributed by atoms with Gasteiger partial charge in [0.25, 0.3) is 0 Å². The predicted octanol–water partition coefficient (Wildman–Crippen LogP) is 2.73. The minimum Gasteiger partial charge on any atom is -0.465 e. The molecule has 0 bridgehead atoms. The van der Waals surface area contributed by atoms with E-state index in [-0.39, 0.29) is 16.9 Å². The molecular weight excluding hydrogens is 342 g/mol. The maximum absolute atomic E-state index is 12.1. The van der Waals surface area contributed by atoms with E-state index in [0.717, 1.165) is 48.5 Å². The van der Waals surface area contributed by atoms with Crippen LogP contribution in [0.4, 0.5) is 5.69 Å². The molecule has 1 aromatic heterocycles. The first-order valence-electron chi connectivity index (χ1n) is 8.07. The smallest absolute Gasteiger partial charge is 0.306 e. The highest BCUT2D eigenvalue weighted by molar-refractivity contribution is 7.86. The van der Waals surface area contributed by atoms with Gasteiger partial charge in [-0.15, -0.1) is 0 Å². The van der Waals surface area contributed by atoms with Crippen molar-refractivity contribution >= 4 is 21.5 Å². The molecule has 0 N–H and O–H groups in total. The molecule has 1 aliphatic heterocycles. The second-order valence-corrected chi connectivity index (χ2v) is 8.09. The molecule has 25 heavy (non-hydrogen) atoms. The van der Waals surface area contributed by atoms with Gasteiger partial charge in [-0.05, 0) is 30.9 Å². The Morgan fingerprint density at radius 2 is 2.08 bits per heavy atom. The minimum atomic E-state index is -3.83. The van der Waals surface area contributed by atoms with Crippen LogP contribution in [0.5, 0.6) is 5.75 Å². The van der Waals surface area contributed by atoms with E-state index >= 15 is 0 Å². The highest BCUT2D eigenvalue weighted by atomic mass is 32.2. The number of fused-ring (bicyclic) bond motifs is 3. The van der Waals surface area contributed by atoms with E-state index in [2.05, 4.69) is 0 Å². The predicted molar refractivity (Wildman–Crippen MR) is 93.2 cm³/mol. The van der Waals surface area contributed by atoms with Crippen molar-refractivity contribution in [2.75, 3.05) is 6.26 Å². The minimum absolute atomic E-state index is 0.240. The van der Waals surface area contributed by atoms with Crippen LogP contribution in [0.3, 0.4) is 0 Å². The van der Waals surface area contributed by atoms with Gasteiger partial charge in [-0.3, -0.25) is 9.79 Å². The monoisotopic (exact) mass is 359 g/mol. The molecule has 4 rings (SSSR count). The summed E-state index contributed by atoms with van der Waals surface area (Å²) in [5, 5.41) is 0. The summed E-state index contributed by atoms with van der Waals surface area (Å²) >= 11 is 0. The Hall–Kier alpha value is -2.41. The average Bonchev–Trinajstić information content (AvgIpc) is 3.06. The van der Waals surface area contributed by atoms with Gasteiger partial charge in [-0.25, -0.2) is 0 Å². The van der Waals surface area contributed by atoms with Crippen molar-refractivity contribution in [2.24, 2.45) is 4.99 Å². The zero-order chi connectivity index (χ0) is 17.7. The number of benzene rings is 1. The van der Waals surface area contributed by atoms with Crippen LogP contribution < -0.4 is 9.61 Å². The van der Waals surface area contributed by atoms with E-state index in [1.807, 2.05) is 24.3 Å². The molecule has 1 atom stereocenters. The molecule has 1 aliphatic carbocycles. The molecule has 0 amide bonds. The Labute approximate surface area is 145 Å². The lowest BCUT2D eigenvalue weighted by molar-refractivity contribution is 0.403. The van der Waals surface area contributed by atoms with Gasteiger partial charge in [0.1, 0.15) is 0 Å². The number of hydrogen-bond acceptors (Lipinski definition) is 6. The summed E-state index contributed by atoms with van der Waals surface area (Å²) in [5.41, 5.74) is 2.22. The summed E-state index contributed by atoms with van der Waals surface area (Å²) in [6.45, 7) is 0. The van der Waals surface area contributed by atoms with E-state index in [1.54, 1.807) is 0 Å². The fraction of sp³-hybridized carbons (Fsp3) is 0.333. The Bertz CT molecular complexity index is 1040. The van der Waals surface area contributed by atoms with Crippen LogP contribution in [-0.4, -0.2) is 20.4 Å². The normalized spacial score (nSPS) is 21.6. The van der Waals surface area contributed by atoms with Gasteiger partial charge < -0.3 is 8.60 Å². The molecule has 0 spiro atoms. The van der Waals surface area contributed by atoms with Gasteiger partial charge in [0, 0.05) is 23.6 Å². The highest BCUT2D eigenvalue weighted by Crippen LogP contribution is 2.50. The Balaban J connectivity index is 1.82. The summed E-state index contributed by atoms with van der Waals surface area (Å²) in [6, 6.07) is 9.08. The molecule has 1 aromatic carbocycles. The fourth-order valence-electron chi connectivity index (χ4n) is 3.88. The van der Waals surface area contributed by atoms with Crippen LogP contribution in [-0.2, 0) is 22.0 Å². The number of para-hydroxylation sites is 1. The number of hydrogen-bond donors (Lipinski definition) is 0. The van der Waals surface area contributed by atoms with Crippen molar-refractivity contribution in [1.82, 2.24) is 0 Å². The van der Waals surface area contributed by atoms with Gasteiger partial charge in [0.2, 0.25) is 11.2 Å². The molecule has 1 unspecified atom stereocenters. The average molecular weight is 359 g/mol. The molecule has 130 valence electrons. The number of rotatable bonds is 4. The van der Waals surface area contributed by atoms with Crippen LogP contribution in [0.1, 0.15) is 30.6 Å². The lowest BCUT2D eigenvalue weighted by atomic mass is 9.75. The standard InChI is InChI=1S/C18H17NO5S/c1-25(21,22)24-17-14(20)8-10-23-15(17)11-18-9-4-7-16(18)19-13-6-3-2-5-12(13)18/h2-3,5-6,8,10H,4,7,9,11H2,1H3. The van der Waals surface area contributed by atoms with Crippen molar-refractivity contribution in [3.8, 4) is 5.75 Å². The van der Waals surface area contributed by atoms with E-state index < -0.39 is 15.5 Å². The summed E-state index contributed by atoms with van der Waals surface area (Å²) in [5.74, 6) is -0.0146. The van der Waals surface area contributed by atoms with Gasteiger partial charge in [0.15, 0.2) is 5.76 Å². The molecule has 2 aliphatic rings. The summed E-state index contributed by atoms with van der Waals surface area (Å²) in [7, 11) is -3.83. The second-order valence-electron chi connectivity index (χ2n) is 6.51. The van der Waals surface area contributed by atoms with E-state index in [9.17, 15) is 13.2 Å². The second kappa shape index (κ2) is 5.56. The molecule has 1 saturated carbocycles. The molecule has 7 heteroatoms. The van der Waals surface area contributed by atoms with Crippen LogP contribution in [0.25, 0.3) is 0 Å². The first kappa shape index (κ1) is 16.1. The third kappa shape index (κ3) is 2.68. The maximum Gasteiger partial charge on any atom is 0.306 e. The highest BCUT2D eigenvalue weighted by Gasteiger charge is 2.47. The molecule has 0 radical (unpaired) electrons. The van der Waals surface area contributed by atoms with Crippen molar-refractivity contribution < 1.29 is 17.0 Å². The summed E-state index contributed by atoms with van der Waals surface area (Å²) in [6.07, 6.45) is 5.29. The zero-order valence-corrected chi connectivity index (χ0v) is 14.5. The maximum atomic E-state index is 12.1. The van der Waals surface area contributed by atoms with Crippen LogP contribution in [0, 0.1) is 0 Å². The largest absolute Gasteiger partial charge is 0.465 e. The van der Waals surface area contributed by atoms with E-state index in [4.69, 9.17) is 13.6 Å². The first-order valence-corrected chi connectivity index (χ1v) is 9.88. The third-order valence-corrected chi connectivity index (χ3v) is 5.32. The first-order chi connectivity index (χ1) is 11.9. The molecule has 1 fully saturated rings. The van der Waals surface area contributed by atoms with Crippen molar-refractivity contribution in [3.63, 3.8) is 0 Å². The SMILES string of the molecule is CS(=O)(=O)Oc1c(CC23CCCC2=Nc2ccccc23)occc1=O. The lowest BCUT2D eigenvalue weighted by Gasteiger charge is -2.26.